The third kappa shape index (κ3) is 6.74. The zero-order valence-corrected chi connectivity index (χ0v) is 12.9. The zero-order chi connectivity index (χ0) is 18.1. The number of nitrogens with zero attached hydrogens (tertiary/aromatic N) is 1. The van der Waals surface area contributed by atoms with Crippen molar-refractivity contribution in [3.63, 3.8) is 0 Å². The van der Waals surface area contributed by atoms with E-state index < -0.39 is 30.4 Å². The number of benzene rings is 1. The van der Waals surface area contributed by atoms with Crippen molar-refractivity contribution in [2.24, 2.45) is 5.73 Å². The molecule has 4 N–H and O–H groups in total. The monoisotopic (exact) mass is 359 g/mol. The fourth-order valence-electron chi connectivity index (χ4n) is 1.36. The maximum atomic E-state index is 11.9. The normalized spacial score (nSPS) is 9.67. The van der Waals surface area contributed by atoms with Crippen molar-refractivity contribution in [3.05, 3.63) is 33.9 Å². The Morgan fingerprint density at radius 1 is 1.25 bits per heavy atom. The van der Waals surface area contributed by atoms with E-state index >= 15 is 0 Å². The van der Waals surface area contributed by atoms with Gasteiger partial charge in [0.25, 0.3) is 5.09 Å². The lowest BCUT2D eigenvalue weighted by Crippen LogP contribution is -2.20. The van der Waals surface area contributed by atoms with Crippen LogP contribution in [0.1, 0.15) is 10.4 Å². The second kappa shape index (κ2) is 9.09. The van der Waals surface area contributed by atoms with Crippen LogP contribution in [-0.4, -0.2) is 42.0 Å². The van der Waals surface area contributed by atoms with Gasteiger partial charge in [0.15, 0.2) is 5.75 Å². The summed E-state index contributed by atoms with van der Waals surface area (Å²) in [6.45, 7) is -1.19. The Morgan fingerprint density at radius 2 is 1.96 bits per heavy atom. The third-order valence-corrected chi connectivity index (χ3v) is 2.38. The summed E-state index contributed by atoms with van der Waals surface area (Å²) < 4.78 is 14.2. The molecule has 0 bridgehead atoms. The lowest BCUT2D eigenvalue weighted by atomic mass is 10.2. The van der Waals surface area contributed by atoms with Crippen LogP contribution in [0, 0.1) is 10.1 Å². The van der Waals surface area contributed by atoms with Crippen LogP contribution in [0.2, 0.25) is 0 Å². The number of hydrogen-bond donors (Lipinski definition) is 2. The molecule has 1 aromatic rings. The minimum atomic E-state index is -1.21. The molecule has 1 aromatic carbocycles. The molecule has 0 unspecified atom stereocenters. The van der Waals surface area contributed by atoms with Crippen molar-refractivity contribution in [1.29, 1.82) is 0 Å². The zero-order valence-electron chi connectivity index (χ0n) is 12.1. The molecular weight excluding hydrogens is 346 g/mol. The van der Waals surface area contributed by atoms with Gasteiger partial charge < -0.3 is 30.5 Å². The number of anilines is 1. The second-order valence-electron chi connectivity index (χ2n) is 4.06. The minimum absolute atomic E-state index is 0.0357. The topological polar surface area (TPSA) is 166 Å². The van der Waals surface area contributed by atoms with Crippen LogP contribution in [0.25, 0.3) is 0 Å². The quantitative estimate of drug-likeness (QED) is 0.126. The number of hydrogen-bond acceptors (Lipinski definition) is 10. The van der Waals surface area contributed by atoms with Crippen molar-refractivity contribution in [2.45, 2.75) is 0 Å². The summed E-state index contributed by atoms with van der Waals surface area (Å²) in [5.41, 5.74) is 10.9. The maximum Gasteiger partial charge on any atom is 0.513 e. The van der Waals surface area contributed by atoms with Crippen LogP contribution in [-0.2, 0) is 14.3 Å². The largest absolute Gasteiger partial charge is 0.513 e. The summed E-state index contributed by atoms with van der Waals surface area (Å²) >= 11 is 4.58. The smallest absolute Gasteiger partial charge is 0.455 e. The van der Waals surface area contributed by atoms with E-state index in [1.54, 1.807) is 0 Å². The number of thiocarbonyl (C=S) groups is 1. The first kappa shape index (κ1) is 18.9. The van der Waals surface area contributed by atoms with Crippen LogP contribution in [0.5, 0.6) is 5.75 Å². The van der Waals surface area contributed by atoms with Gasteiger partial charge in [0.05, 0.1) is 0 Å². The predicted molar refractivity (Wildman–Crippen MR) is 82.8 cm³/mol. The van der Waals surface area contributed by atoms with Crippen molar-refractivity contribution in [3.8, 4) is 5.75 Å². The molecule has 0 amide bonds. The molecule has 0 saturated heterocycles. The van der Waals surface area contributed by atoms with Crippen molar-refractivity contribution >= 4 is 35.0 Å². The fraction of sp³-hybridized carbons (Fsp3) is 0.250. The molecule has 0 aliphatic heterocycles. The summed E-state index contributed by atoms with van der Waals surface area (Å²) in [5, 5.41) is 8.89. The average molecular weight is 359 g/mol. The molecule has 24 heavy (non-hydrogen) atoms. The molecule has 0 aliphatic carbocycles. The summed E-state index contributed by atoms with van der Waals surface area (Å²) in [5.74, 6) is -1.06. The Balaban J connectivity index is 2.70. The Labute approximate surface area is 140 Å². The Bertz CT molecular complexity index is 651. The van der Waals surface area contributed by atoms with E-state index in [4.69, 9.17) is 20.9 Å². The van der Waals surface area contributed by atoms with Gasteiger partial charge in [-0.15, -0.1) is 10.1 Å². The van der Waals surface area contributed by atoms with Crippen LogP contribution < -0.4 is 16.2 Å². The van der Waals surface area contributed by atoms with Crippen molar-refractivity contribution in [1.82, 2.24) is 0 Å². The average Bonchev–Trinajstić information content (AvgIpc) is 2.49. The molecule has 0 saturated carbocycles. The summed E-state index contributed by atoms with van der Waals surface area (Å²) in [6.07, 6.45) is -1.21. The summed E-state index contributed by atoms with van der Waals surface area (Å²) in [6, 6.07) is 3.86. The van der Waals surface area contributed by atoms with E-state index in [1.165, 1.54) is 18.2 Å². The fourth-order valence-corrected chi connectivity index (χ4v) is 1.42. The van der Waals surface area contributed by atoms with Crippen LogP contribution in [0.3, 0.4) is 0 Å². The first-order valence-corrected chi connectivity index (χ1v) is 6.67. The number of nitrogen functional groups attached to an aromatic ring is 1. The Hall–Kier alpha value is -3.15. The molecular formula is C12H13N3O8S. The number of esters is 1. The molecule has 1 rings (SSSR count). The molecule has 12 heteroatoms. The third-order valence-electron chi connectivity index (χ3n) is 2.26. The van der Waals surface area contributed by atoms with Crippen molar-refractivity contribution < 1.29 is 33.7 Å². The van der Waals surface area contributed by atoms with Gasteiger partial charge in [0.2, 0.25) is 0 Å². The van der Waals surface area contributed by atoms with Gasteiger partial charge in [-0.3, -0.25) is 0 Å². The highest BCUT2D eigenvalue weighted by atomic mass is 32.1. The number of nitrogens with two attached hydrogens (primary N) is 2. The van der Waals surface area contributed by atoms with Crippen LogP contribution in [0.4, 0.5) is 10.5 Å². The Morgan fingerprint density at radius 3 is 2.58 bits per heavy atom. The molecule has 0 atom stereocenters. The predicted octanol–water partition coefficient (Wildman–Crippen LogP) is 0.435. The summed E-state index contributed by atoms with van der Waals surface area (Å²) in [7, 11) is 0. The lowest BCUT2D eigenvalue weighted by Gasteiger charge is -2.10. The molecule has 0 fully saturated rings. The van der Waals surface area contributed by atoms with Gasteiger partial charge in [-0.25, -0.2) is 9.59 Å². The van der Waals surface area contributed by atoms with Gasteiger partial charge in [0.1, 0.15) is 30.4 Å². The van der Waals surface area contributed by atoms with Crippen LogP contribution >= 0.6 is 12.2 Å². The molecule has 0 spiro atoms. The van der Waals surface area contributed by atoms with E-state index in [0.29, 0.717) is 0 Å². The van der Waals surface area contributed by atoms with E-state index in [9.17, 15) is 19.7 Å². The SMILES string of the molecule is NC(=S)COC(=O)c1ccc(N)cc1OC(=O)OCCO[N+](=O)[O-]. The maximum absolute atomic E-state index is 11.9. The first-order chi connectivity index (χ1) is 11.3. The number of ether oxygens (including phenoxy) is 3. The number of carbonyl (C=O) groups is 2. The highest BCUT2D eigenvalue weighted by molar-refractivity contribution is 7.80. The van der Waals surface area contributed by atoms with E-state index in [1.807, 2.05) is 0 Å². The van der Waals surface area contributed by atoms with Crippen LogP contribution in [0.15, 0.2) is 18.2 Å². The second-order valence-corrected chi connectivity index (χ2v) is 4.58. The highest BCUT2D eigenvalue weighted by Gasteiger charge is 2.18. The van der Waals surface area contributed by atoms with E-state index in [-0.39, 0.29) is 28.6 Å². The number of carbonyl (C=O) groups excluding carboxylic acids is 2. The lowest BCUT2D eigenvalue weighted by molar-refractivity contribution is -0.757. The van der Waals surface area contributed by atoms with E-state index in [0.717, 1.165) is 0 Å². The molecule has 0 heterocycles. The molecule has 130 valence electrons. The number of rotatable bonds is 8. The first-order valence-electron chi connectivity index (χ1n) is 6.26. The molecule has 0 aromatic heterocycles. The Kier molecular flexibility index (Phi) is 7.16. The van der Waals surface area contributed by atoms with Gasteiger partial charge in [-0.05, 0) is 12.1 Å². The molecule has 0 radical (unpaired) electrons. The van der Waals surface area contributed by atoms with E-state index in [2.05, 4.69) is 21.8 Å². The van der Waals surface area contributed by atoms with Gasteiger partial charge >= 0.3 is 12.1 Å². The molecule has 11 nitrogen and oxygen atoms in total. The highest BCUT2D eigenvalue weighted by Crippen LogP contribution is 2.23. The van der Waals surface area contributed by atoms with Gasteiger partial charge in [0, 0.05) is 11.8 Å². The minimum Gasteiger partial charge on any atom is -0.455 e. The van der Waals surface area contributed by atoms with Crippen molar-refractivity contribution in [2.75, 3.05) is 25.6 Å². The molecule has 0 aliphatic rings. The standard InChI is InChI=1S/C12H13N3O8S/c13-7-1-2-8(11(16)21-6-10(14)24)9(5-7)23-12(17)20-3-4-22-15(18)19/h1-2,5H,3-4,6,13H2,(H2,14,24). The van der Waals surface area contributed by atoms with Gasteiger partial charge in [-0.1, -0.05) is 12.2 Å². The van der Waals surface area contributed by atoms with Gasteiger partial charge in [-0.2, -0.15) is 0 Å². The summed E-state index contributed by atoms with van der Waals surface area (Å²) in [4.78, 5) is 37.2.